The number of hydrogen-bond acceptors (Lipinski definition) is 4. The van der Waals surface area contributed by atoms with Gasteiger partial charge in [-0.2, -0.15) is 0 Å². The number of nitrogens with one attached hydrogen (secondary N) is 1. The van der Waals surface area contributed by atoms with Crippen molar-refractivity contribution in [1.29, 1.82) is 0 Å². The highest BCUT2D eigenvalue weighted by molar-refractivity contribution is 4.55. The van der Waals surface area contributed by atoms with Crippen molar-refractivity contribution in [2.45, 2.75) is 6.29 Å². The first kappa shape index (κ1) is 7.94. The third-order valence-corrected chi connectivity index (χ3v) is 1.32. The molecule has 10 heavy (non-hydrogen) atoms. The summed E-state index contributed by atoms with van der Waals surface area (Å²) in [6.45, 7) is 3.66. The van der Waals surface area contributed by atoms with E-state index in [0.29, 0.717) is 6.54 Å². The van der Waals surface area contributed by atoms with Crippen LogP contribution in [0.25, 0.3) is 0 Å². The summed E-state index contributed by atoms with van der Waals surface area (Å²) in [5.41, 5.74) is 5.27. The molecule has 0 unspecified atom stereocenters. The van der Waals surface area contributed by atoms with Crippen LogP contribution in [-0.4, -0.2) is 39.1 Å². The zero-order valence-corrected chi connectivity index (χ0v) is 6.01. The predicted octanol–water partition coefficient (Wildman–Crippen LogP) is -1.09. The van der Waals surface area contributed by atoms with Crippen LogP contribution >= 0.6 is 0 Å². The SMILES string of the molecule is NCCNCC1OCCO1. The van der Waals surface area contributed by atoms with Crippen LogP contribution in [0.15, 0.2) is 0 Å². The molecular formula is C6H14N2O2. The summed E-state index contributed by atoms with van der Waals surface area (Å²) in [5, 5.41) is 3.10. The van der Waals surface area contributed by atoms with Gasteiger partial charge in [0, 0.05) is 19.6 Å². The molecule has 0 amide bonds. The average Bonchev–Trinajstić information content (AvgIpc) is 2.41. The Labute approximate surface area is 60.7 Å². The van der Waals surface area contributed by atoms with Crippen LogP contribution in [-0.2, 0) is 9.47 Å². The van der Waals surface area contributed by atoms with E-state index in [1.54, 1.807) is 0 Å². The van der Waals surface area contributed by atoms with Crippen molar-refractivity contribution in [3.05, 3.63) is 0 Å². The van der Waals surface area contributed by atoms with Crippen LogP contribution in [0, 0.1) is 0 Å². The van der Waals surface area contributed by atoms with Gasteiger partial charge in [-0.05, 0) is 0 Å². The maximum Gasteiger partial charge on any atom is 0.170 e. The van der Waals surface area contributed by atoms with Crippen LogP contribution in [0.3, 0.4) is 0 Å². The maximum atomic E-state index is 5.27. The topological polar surface area (TPSA) is 56.5 Å². The molecule has 0 spiro atoms. The quantitative estimate of drug-likeness (QED) is 0.495. The lowest BCUT2D eigenvalue weighted by molar-refractivity contribution is -0.0387. The summed E-state index contributed by atoms with van der Waals surface area (Å²) in [6, 6.07) is 0. The van der Waals surface area contributed by atoms with E-state index in [1.807, 2.05) is 0 Å². The van der Waals surface area contributed by atoms with Crippen LogP contribution < -0.4 is 11.1 Å². The van der Waals surface area contributed by atoms with Gasteiger partial charge in [0.2, 0.25) is 0 Å². The van der Waals surface area contributed by atoms with Crippen LogP contribution in [0.1, 0.15) is 0 Å². The molecule has 1 aliphatic rings. The van der Waals surface area contributed by atoms with Gasteiger partial charge in [-0.3, -0.25) is 0 Å². The van der Waals surface area contributed by atoms with Crippen molar-refractivity contribution < 1.29 is 9.47 Å². The van der Waals surface area contributed by atoms with Gasteiger partial charge in [-0.25, -0.2) is 0 Å². The molecule has 4 heteroatoms. The Kier molecular flexibility index (Phi) is 3.67. The summed E-state index contributed by atoms with van der Waals surface area (Å²) in [6.07, 6.45) is -0.0495. The molecule has 4 nitrogen and oxygen atoms in total. The Balaban J connectivity index is 1.91. The van der Waals surface area contributed by atoms with Crippen molar-refractivity contribution in [3.63, 3.8) is 0 Å². The molecule has 0 saturated carbocycles. The van der Waals surface area contributed by atoms with Gasteiger partial charge in [-0.15, -0.1) is 0 Å². The molecule has 3 N–H and O–H groups in total. The molecule has 1 heterocycles. The number of rotatable bonds is 4. The molecule has 0 aromatic carbocycles. The predicted molar refractivity (Wildman–Crippen MR) is 37.6 cm³/mol. The summed E-state index contributed by atoms with van der Waals surface area (Å²) >= 11 is 0. The summed E-state index contributed by atoms with van der Waals surface area (Å²) < 4.78 is 10.3. The first-order chi connectivity index (χ1) is 4.93. The maximum absolute atomic E-state index is 5.27. The Bertz CT molecular complexity index is 83.8. The Morgan fingerprint density at radius 3 is 2.70 bits per heavy atom. The number of hydrogen-bond donors (Lipinski definition) is 2. The minimum Gasteiger partial charge on any atom is -0.349 e. The van der Waals surface area contributed by atoms with E-state index < -0.39 is 0 Å². The fraction of sp³-hybridized carbons (Fsp3) is 1.00. The van der Waals surface area contributed by atoms with Gasteiger partial charge >= 0.3 is 0 Å². The standard InChI is InChI=1S/C6H14N2O2/c7-1-2-8-5-6-9-3-4-10-6/h6,8H,1-5,7H2. The third-order valence-electron chi connectivity index (χ3n) is 1.32. The highest BCUT2D eigenvalue weighted by Crippen LogP contribution is 2.00. The Morgan fingerprint density at radius 2 is 2.10 bits per heavy atom. The summed E-state index contributed by atoms with van der Waals surface area (Å²) in [7, 11) is 0. The normalized spacial score (nSPS) is 20.1. The fourth-order valence-corrected chi connectivity index (χ4v) is 0.847. The second kappa shape index (κ2) is 4.62. The first-order valence-corrected chi connectivity index (χ1v) is 3.57. The summed E-state index contributed by atoms with van der Waals surface area (Å²) in [5.74, 6) is 0. The summed E-state index contributed by atoms with van der Waals surface area (Å²) in [4.78, 5) is 0. The van der Waals surface area contributed by atoms with E-state index >= 15 is 0 Å². The number of ether oxygens (including phenoxy) is 2. The third kappa shape index (κ3) is 2.62. The molecule has 0 radical (unpaired) electrons. The first-order valence-electron chi connectivity index (χ1n) is 3.57. The molecule has 1 aliphatic heterocycles. The van der Waals surface area contributed by atoms with E-state index in [2.05, 4.69) is 5.32 Å². The van der Waals surface area contributed by atoms with Gasteiger partial charge < -0.3 is 20.5 Å². The smallest absolute Gasteiger partial charge is 0.170 e. The minimum absolute atomic E-state index is 0.0495. The van der Waals surface area contributed by atoms with E-state index in [-0.39, 0.29) is 6.29 Å². The van der Waals surface area contributed by atoms with E-state index in [1.165, 1.54) is 0 Å². The molecule has 0 atom stereocenters. The molecule has 0 aliphatic carbocycles. The lowest BCUT2D eigenvalue weighted by Crippen LogP contribution is -2.31. The average molecular weight is 146 g/mol. The Morgan fingerprint density at radius 1 is 1.40 bits per heavy atom. The lowest BCUT2D eigenvalue weighted by Gasteiger charge is -2.08. The zero-order chi connectivity index (χ0) is 7.23. The minimum atomic E-state index is -0.0495. The molecule has 1 saturated heterocycles. The van der Waals surface area contributed by atoms with E-state index in [0.717, 1.165) is 26.3 Å². The second-order valence-electron chi connectivity index (χ2n) is 2.16. The van der Waals surface area contributed by atoms with Gasteiger partial charge in [0.15, 0.2) is 6.29 Å². The zero-order valence-electron chi connectivity index (χ0n) is 6.01. The van der Waals surface area contributed by atoms with Crippen LogP contribution in [0.4, 0.5) is 0 Å². The van der Waals surface area contributed by atoms with Crippen LogP contribution in [0.2, 0.25) is 0 Å². The molecule has 60 valence electrons. The lowest BCUT2D eigenvalue weighted by atomic mass is 10.5. The van der Waals surface area contributed by atoms with Crippen molar-refractivity contribution in [2.75, 3.05) is 32.8 Å². The highest BCUT2D eigenvalue weighted by Gasteiger charge is 2.13. The van der Waals surface area contributed by atoms with Gasteiger partial charge in [-0.1, -0.05) is 0 Å². The van der Waals surface area contributed by atoms with Crippen LogP contribution in [0.5, 0.6) is 0 Å². The van der Waals surface area contributed by atoms with Gasteiger partial charge in [0.05, 0.1) is 13.2 Å². The van der Waals surface area contributed by atoms with Crippen molar-refractivity contribution in [3.8, 4) is 0 Å². The van der Waals surface area contributed by atoms with E-state index in [9.17, 15) is 0 Å². The van der Waals surface area contributed by atoms with Crippen molar-refractivity contribution in [2.24, 2.45) is 5.73 Å². The molecule has 1 fully saturated rings. The highest BCUT2D eigenvalue weighted by atomic mass is 16.7. The fourth-order valence-electron chi connectivity index (χ4n) is 0.847. The van der Waals surface area contributed by atoms with Gasteiger partial charge in [0.1, 0.15) is 0 Å². The second-order valence-corrected chi connectivity index (χ2v) is 2.16. The van der Waals surface area contributed by atoms with Gasteiger partial charge in [0.25, 0.3) is 0 Å². The largest absolute Gasteiger partial charge is 0.349 e. The molecule has 0 bridgehead atoms. The Hall–Kier alpha value is -0.160. The monoisotopic (exact) mass is 146 g/mol. The number of nitrogens with two attached hydrogens (primary N) is 1. The van der Waals surface area contributed by atoms with Crippen molar-refractivity contribution in [1.82, 2.24) is 5.32 Å². The molecular weight excluding hydrogens is 132 g/mol. The van der Waals surface area contributed by atoms with E-state index in [4.69, 9.17) is 15.2 Å². The molecule has 1 rings (SSSR count). The van der Waals surface area contributed by atoms with Crippen molar-refractivity contribution >= 4 is 0 Å². The molecule has 0 aromatic rings. The molecule has 0 aromatic heterocycles.